The third kappa shape index (κ3) is 2.98. The Morgan fingerprint density at radius 3 is 2.31 bits per heavy atom. The smallest absolute Gasteiger partial charge is 0.236 e. The van der Waals surface area contributed by atoms with Gasteiger partial charge in [0.25, 0.3) is 0 Å². The Labute approximate surface area is 107 Å². The second-order valence-corrected chi connectivity index (χ2v) is 6.38. The number of carbonyl (C=O) groups excluding carboxylic acids is 1. The maximum Gasteiger partial charge on any atom is 0.236 e. The molecule has 4 heteroatoms. The van der Waals surface area contributed by atoms with Crippen LogP contribution in [0.25, 0.3) is 0 Å². The van der Waals surface area contributed by atoms with Crippen LogP contribution in [0.1, 0.15) is 20.8 Å². The minimum Gasteiger partial charge on any atom is -0.340 e. The summed E-state index contributed by atoms with van der Waals surface area (Å²) in [5.41, 5.74) is 0. The fourth-order valence-corrected chi connectivity index (χ4v) is 2.55. The molecule has 3 unspecified atom stereocenters. The van der Waals surface area contributed by atoms with Gasteiger partial charge in [0, 0.05) is 19.1 Å². The van der Waals surface area contributed by atoms with Crippen LogP contribution in [0.5, 0.6) is 0 Å². The number of carbonyl (C=O) groups is 1. The molecule has 0 radical (unpaired) electrons. The number of likely N-dealkylation sites (tertiary alicyclic amines) is 1. The van der Waals surface area contributed by atoms with Gasteiger partial charge in [0.05, 0.1) is 4.83 Å². The second kappa shape index (κ2) is 5.50. The first-order chi connectivity index (χ1) is 7.34. The van der Waals surface area contributed by atoms with E-state index in [2.05, 4.69) is 55.7 Å². The summed E-state index contributed by atoms with van der Waals surface area (Å²) in [4.78, 5) is 16.3. The van der Waals surface area contributed by atoms with Crippen LogP contribution >= 0.6 is 15.9 Å². The first-order valence-electron chi connectivity index (χ1n) is 5.93. The van der Waals surface area contributed by atoms with Crippen molar-refractivity contribution in [1.29, 1.82) is 0 Å². The summed E-state index contributed by atoms with van der Waals surface area (Å²) in [6, 6.07) is 0.496. The van der Waals surface area contributed by atoms with Gasteiger partial charge in [-0.15, -0.1) is 0 Å². The molecule has 1 heterocycles. The Hall–Kier alpha value is -0.0900. The lowest BCUT2D eigenvalue weighted by Crippen LogP contribution is -2.39. The summed E-state index contributed by atoms with van der Waals surface area (Å²) in [5.74, 6) is 1.15. The van der Waals surface area contributed by atoms with E-state index in [4.69, 9.17) is 0 Å². The zero-order chi connectivity index (χ0) is 12.5. The molecule has 1 rings (SSSR count). The molecule has 3 atom stereocenters. The third-order valence-electron chi connectivity index (χ3n) is 3.37. The minimum atomic E-state index is -0.0411. The van der Waals surface area contributed by atoms with Gasteiger partial charge in [0.1, 0.15) is 0 Å². The zero-order valence-electron chi connectivity index (χ0n) is 10.9. The summed E-state index contributed by atoms with van der Waals surface area (Å²) in [6.45, 7) is 8.11. The summed E-state index contributed by atoms with van der Waals surface area (Å²) in [7, 11) is 4.17. The molecule has 16 heavy (non-hydrogen) atoms. The van der Waals surface area contributed by atoms with E-state index in [-0.39, 0.29) is 10.7 Å². The first-order valence-corrected chi connectivity index (χ1v) is 6.85. The second-order valence-electron chi connectivity index (χ2n) is 5.40. The molecule has 0 aliphatic carbocycles. The fraction of sp³-hybridized carbons (Fsp3) is 0.917. The van der Waals surface area contributed by atoms with E-state index in [1.807, 2.05) is 4.90 Å². The Bertz CT molecular complexity index is 255. The van der Waals surface area contributed by atoms with E-state index in [0.29, 0.717) is 17.9 Å². The molecule has 0 spiro atoms. The monoisotopic (exact) mass is 290 g/mol. The predicted molar refractivity (Wildman–Crippen MR) is 70.8 cm³/mol. The molecular weight excluding hydrogens is 268 g/mol. The standard InChI is InChI=1S/C12H23BrN2O/c1-8(2)11(13)12(16)15-6-9(3)10(7-15)14(4)5/h8-11H,6-7H2,1-5H3. The maximum atomic E-state index is 12.2. The van der Waals surface area contributed by atoms with Gasteiger partial charge in [0.15, 0.2) is 0 Å². The number of hydrogen-bond acceptors (Lipinski definition) is 2. The highest BCUT2D eigenvalue weighted by molar-refractivity contribution is 9.10. The molecule has 0 aromatic carbocycles. The van der Waals surface area contributed by atoms with E-state index in [0.717, 1.165) is 13.1 Å². The van der Waals surface area contributed by atoms with Crippen LogP contribution in [0.2, 0.25) is 0 Å². The van der Waals surface area contributed by atoms with Gasteiger partial charge in [-0.3, -0.25) is 4.79 Å². The third-order valence-corrected chi connectivity index (χ3v) is 4.82. The molecule has 0 bridgehead atoms. The molecular formula is C12H23BrN2O. The normalized spacial score (nSPS) is 27.9. The zero-order valence-corrected chi connectivity index (χ0v) is 12.5. The van der Waals surface area contributed by atoms with Crippen LogP contribution in [0.3, 0.4) is 0 Å². The molecule has 1 aliphatic heterocycles. The summed E-state index contributed by atoms with van der Waals surface area (Å²) < 4.78 is 0. The average Bonchev–Trinajstić information content (AvgIpc) is 2.58. The van der Waals surface area contributed by atoms with E-state index in [9.17, 15) is 4.79 Å². The molecule has 0 aromatic heterocycles. The highest BCUT2D eigenvalue weighted by Gasteiger charge is 2.36. The topological polar surface area (TPSA) is 23.6 Å². The van der Waals surface area contributed by atoms with Crippen molar-refractivity contribution in [3.63, 3.8) is 0 Å². The molecule has 94 valence electrons. The highest BCUT2D eigenvalue weighted by atomic mass is 79.9. The predicted octanol–water partition coefficient (Wildman–Crippen LogP) is 1.81. The lowest BCUT2D eigenvalue weighted by Gasteiger charge is -2.24. The lowest BCUT2D eigenvalue weighted by molar-refractivity contribution is -0.130. The molecule has 1 amide bonds. The summed E-state index contributed by atoms with van der Waals surface area (Å²) in [5, 5.41) is 0. The number of amides is 1. The van der Waals surface area contributed by atoms with Crippen molar-refractivity contribution in [3.8, 4) is 0 Å². The van der Waals surface area contributed by atoms with Crippen LogP contribution in [0, 0.1) is 11.8 Å². The van der Waals surface area contributed by atoms with Crippen molar-refractivity contribution in [2.45, 2.75) is 31.6 Å². The van der Waals surface area contributed by atoms with Crippen LogP contribution in [0.15, 0.2) is 0 Å². The first kappa shape index (κ1) is 14.0. The Morgan fingerprint density at radius 2 is 1.94 bits per heavy atom. The van der Waals surface area contributed by atoms with E-state index in [1.54, 1.807) is 0 Å². The quantitative estimate of drug-likeness (QED) is 0.741. The molecule has 1 saturated heterocycles. The van der Waals surface area contributed by atoms with E-state index >= 15 is 0 Å². The summed E-state index contributed by atoms with van der Waals surface area (Å²) in [6.07, 6.45) is 0. The van der Waals surface area contributed by atoms with E-state index in [1.165, 1.54) is 0 Å². The number of hydrogen-bond donors (Lipinski definition) is 0. The molecule has 0 aromatic rings. The number of likely N-dealkylation sites (N-methyl/N-ethyl adjacent to an activating group) is 1. The lowest BCUT2D eigenvalue weighted by atomic mass is 10.1. The van der Waals surface area contributed by atoms with Crippen molar-refractivity contribution in [2.24, 2.45) is 11.8 Å². The summed E-state index contributed by atoms with van der Waals surface area (Å²) >= 11 is 3.49. The van der Waals surface area contributed by atoms with Crippen molar-refractivity contribution in [3.05, 3.63) is 0 Å². The van der Waals surface area contributed by atoms with Gasteiger partial charge in [-0.25, -0.2) is 0 Å². The largest absolute Gasteiger partial charge is 0.340 e. The average molecular weight is 291 g/mol. The molecule has 0 N–H and O–H groups in total. The Balaban J connectivity index is 2.61. The van der Waals surface area contributed by atoms with Gasteiger partial charge < -0.3 is 9.80 Å². The molecule has 1 fully saturated rings. The molecule has 0 saturated carbocycles. The fourth-order valence-electron chi connectivity index (χ4n) is 2.26. The highest BCUT2D eigenvalue weighted by Crippen LogP contribution is 2.23. The van der Waals surface area contributed by atoms with Crippen molar-refractivity contribution >= 4 is 21.8 Å². The minimum absolute atomic E-state index is 0.0411. The van der Waals surface area contributed by atoms with Gasteiger partial charge >= 0.3 is 0 Å². The van der Waals surface area contributed by atoms with Crippen molar-refractivity contribution in [2.75, 3.05) is 27.2 Å². The van der Waals surface area contributed by atoms with E-state index < -0.39 is 0 Å². The Morgan fingerprint density at radius 1 is 1.38 bits per heavy atom. The number of halogens is 1. The van der Waals surface area contributed by atoms with Gasteiger partial charge in [0.2, 0.25) is 5.91 Å². The maximum absolute atomic E-state index is 12.2. The Kier molecular flexibility index (Phi) is 4.80. The molecule has 3 nitrogen and oxygen atoms in total. The van der Waals surface area contributed by atoms with Crippen LogP contribution in [-0.2, 0) is 4.79 Å². The van der Waals surface area contributed by atoms with Gasteiger partial charge in [-0.2, -0.15) is 0 Å². The van der Waals surface area contributed by atoms with Crippen LogP contribution < -0.4 is 0 Å². The number of rotatable bonds is 3. The van der Waals surface area contributed by atoms with Crippen molar-refractivity contribution in [1.82, 2.24) is 9.80 Å². The number of nitrogens with zero attached hydrogens (tertiary/aromatic N) is 2. The van der Waals surface area contributed by atoms with Gasteiger partial charge in [-0.1, -0.05) is 36.7 Å². The van der Waals surface area contributed by atoms with Crippen molar-refractivity contribution < 1.29 is 4.79 Å². The number of alkyl halides is 1. The van der Waals surface area contributed by atoms with Crippen LogP contribution in [-0.4, -0.2) is 53.8 Å². The molecule has 1 aliphatic rings. The SMILES string of the molecule is CC(C)C(Br)C(=O)N1CC(C)C(N(C)C)C1. The van der Waals surface area contributed by atoms with Crippen LogP contribution in [0.4, 0.5) is 0 Å². The van der Waals surface area contributed by atoms with Gasteiger partial charge in [-0.05, 0) is 25.9 Å².